The molecule has 118 valence electrons. The Morgan fingerprint density at radius 3 is 1.90 bits per heavy atom. The van der Waals surface area contributed by atoms with Crippen LogP contribution >= 0.6 is 0 Å². The molecule has 1 atom stereocenters. The second-order valence-electron chi connectivity index (χ2n) is 5.56. The van der Waals surface area contributed by atoms with Crippen molar-refractivity contribution in [3.8, 4) is 0 Å². The highest BCUT2D eigenvalue weighted by Gasteiger charge is 2.42. The first-order valence-electron chi connectivity index (χ1n) is 7.03. The molecular weight excluding hydrogens is 269 g/mol. The standard InChI is InChI=1S/C15H25F3O2/c1-6-11(7-2)12(19)10(4)13(20)14(5,8-3)9-15(16,17)18/h11,20H,6-9H2,1-5H3. The number of allylic oxidation sites excluding steroid dienone is 2. The molecule has 0 bridgehead atoms. The summed E-state index contributed by atoms with van der Waals surface area (Å²) in [4.78, 5) is 12.2. The minimum absolute atomic E-state index is 0.0623. The quantitative estimate of drug-likeness (QED) is 0.518. The van der Waals surface area contributed by atoms with Crippen molar-refractivity contribution in [1.82, 2.24) is 0 Å². The molecular formula is C15H25F3O2. The van der Waals surface area contributed by atoms with Crippen molar-refractivity contribution in [2.45, 2.75) is 66.5 Å². The lowest BCUT2D eigenvalue weighted by atomic mass is 9.78. The number of halogens is 3. The van der Waals surface area contributed by atoms with Gasteiger partial charge in [-0.1, -0.05) is 27.7 Å². The molecule has 0 aliphatic heterocycles. The number of ketones is 1. The van der Waals surface area contributed by atoms with Gasteiger partial charge in [0, 0.05) is 16.9 Å². The molecule has 20 heavy (non-hydrogen) atoms. The monoisotopic (exact) mass is 294 g/mol. The van der Waals surface area contributed by atoms with Crippen molar-refractivity contribution < 1.29 is 23.1 Å². The lowest BCUT2D eigenvalue weighted by Gasteiger charge is -2.30. The number of carbonyl (C=O) groups excluding carboxylic acids is 1. The third-order valence-corrected chi connectivity index (χ3v) is 4.02. The summed E-state index contributed by atoms with van der Waals surface area (Å²) in [5.74, 6) is -0.923. The third kappa shape index (κ3) is 4.84. The SMILES string of the molecule is CCC(CC)C(=O)C(C)=C(O)C(C)(CC)CC(F)(F)F. The maximum atomic E-state index is 12.6. The Bertz CT molecular complexity index is 368. The fourth-order valence-electron chi connectivity index (χ4n) is 2.35. The van der Waals surface area contributed by atoms with Crippen molar-refractivity contribution in [3.05, 3.63) is 11.3 Å². The first kappa shape index (κ1) is 19.0. The number of carbonyl (C=O) groups is 1. The summed E-state index contributed by atoms with van der Waals surface area (Å²) in [5.41, 5.74) is -1.38. The van der Waals surface area contributed by atoms with Crippen LogP contribution in [0.1, 0.15) is 60.3 Å². The third-order valence-electron chi connectivity index (χ3n) is 4.02. The van der Waals surface area contributed by atoms with E-state index in [4.69, 9.17) is 0 Å². The van der Waals surface area contributed by atoms with Gasteiger partial charge in [0.15, 0.2) is 5.78 Å². The van der Waals surface area contributed by atoms with Crippen LogP contribution in [0.5, 0.6) is 0 Å². The fraction of sp³-hybridized carbons (Fsp3) is 0.800. The van der Waals surface area contributed by atoms with E-state index in [0.29, 0.717) is 12.8 Å². The van der Waals surface area contributed by atoms with E-state index in [1.54, 1.807) is 6.92 Å². The number of rotatable bonds is 7. The Balaban J connectivity index is 5.48. The average molecular weight is 294 g/mol. The highest BCUT2D eigenvalue weighted by molar-refractivity contribution is 5.97. The zero-order chi connectivity index (χ0) is 16.1. The molecule has 0 spiro atoms. The van der Waals surface area contributed by atoms with Crippen LogP contribution in [0.3, 0.4) is 0 Å². The molecule has 5 heteroatoms. The van der Waals surface area contributed by atoms with E-state index >= 15 is 0 Å². The van der Waals surface area contributed by atoms with Gasteiger partial charge in [0.05, 0.1) is 6.42 Å². The molecule has 0 aromatic rings. The number of Topliss-reactive ketones (excluding diaryl/α,β-unsaturated/α-hetero) is 1. The number of hydrogen-bond donors (Lipinski definition) is 1. The minimum atomic E-state index is -4.38. The van der Waals surface area contributed by atoms with Crippen molar-refractivity contribution in [2.75, 3.05) is 0 Å². The summed E-state index contributed by atoms with van der Waals surface area (Å²) in [5, 5.41) is 10.2. The Morgan fingerprint density at radius 2 is 1.60 bits per heavy atom. The lowest BCUT2D eigenvalue weighted by molar-refractivity contribution is -0.156. The molecule has 2 nitrogen and oxygen atoms in total. The van der Waals surface area contributed by atoms with E-state index in [1.165, 1.54) is 13.8 Å². The molecule has 0 radical (unpaired) electrons. The van der Waals surface area contributed by atoms with Gasteiger partial charge < -0.3 is 5.11 Å². The van der Waals surface area contributed by atoms with Gasteiger partial charge in [0.25, 0.3) is 0 Å². The smallest absolute Gasteiger partial charge is 0.390 e. The largest absolute Gasteiger partial charge is 0.511 e. The van der Waals surface area contributed by atoms with Crippen LogP contribution in [0.4, 0.5) is 13.2 Å². The van der Waals surface area contributed by atoms with Crippen LogP contribution in [0.25, 0.3) is 0 Å². The second-order valence-corrected chi connectivity index (χ2v) is 5.56. The Morgan fingerprint density at radius 1 is 1.15 bits per heavy atom. The minimum Gasteiger partial charge on any atom is -0.511 e. The van der Waals surface area contributed by atoms with E-state index in [2.05, 4.69) is 0 Å². The molecule has 1 unspecified atom stereocenters. The van der Waals surface area contributed by atoms with Gasteiger partial charge in [-0.2, -0.15) is 13.2 Å². The highest BCUT2D eigenvalue weighted by Crippen LogP contribution is 2.42. The van der Waals surface area contributed by atoms with Crippen LogP contribution in [-0.4, -0.2) is 17.1 Å². The van der Waals surface area contributed by atoms with Gasteiger partial charge in [0.2, 0.25) is 0 Å². The van der Waals surface area contributed by atoms with Gasteiger partial charge in [-0.25, -0.2) is 0 Å². The van der Waals surface area contributed by atoms with Crippen LogP contribution in [-0.2, 0) is 4.79 Å². The predicted octanol–water partition coefficient (Wildman–Crippen LogP) is 5.19. The molecule has 0 amide bonds. The van der Waals surface area contributed by atoms with E-state index in [9.17, 15) is 23.1 Å². The predicted molar refractivity (Wildman–Crippen MR) is 73.5 cm³/mol. The van der Waals surface area contributed by atoms with Crippen molar-refractivity contribution in [3.63, 3.8) is 0 Å². The van der Waals surface area contributed by atoms with Gasteiger partial charge in [-0.05, 0) is 26.2 Å². The van der Waals surface area contributed by atoms with Gasteiger partial charge in [-0.15, -0.1) is 0 Å². The topological polar surface area (TPSA) is 37.3 Å². The molecule has 0 rings (SSSR count). The van der Waals surface area contributed by atoms with Crippen LogP contribution in [0.2, 0.25) is 0 Å². The highest BCUT2D eigenvalue weighted by atomic mass is 19.4. The lowest BCUT2D eigenvalue weighted by Crippen LogP contribution is -2.29. The Hall–Kier alpha value is -1.00. The molecule has 0 aromatic heterocycles. The van der Waals surface area contributed by atoms with Gasteiger partial charge >= 0.3 is 6.18 Å². The summed E-state index contributed by atoms with van der Waals surface area (Å²) in [6.45, 7) is 8.05. The molecule has 0 aromatic carbocycles. The summed E-state index contributed by atoms with van der Waals surface area (Å²) < 4.78 is 37.9. The van der Waals surface area contributed by atoms with E-state index in [1.807, 2.05) is 13.8 Å². The molecule has 0 heterocycles. The molecule has 0 aliphatic carbocycles. The van der Waals surface area contributed by atoms with Crippen molar-refractivity contribution in [1.29, 1.82) is 0 Å². The second kappa shape index (κ2) is 7.14. The summed E-state index contributed by atoms with van der Waals surface area (Å²) in [7, 11) is 0. The molecule has 0 saturated heterocycles. The van der Waals surface area contributed by atoms with Gasteiger partial charge in [0.1, 0.15) is 5.76 Å². The van der Waals surface area contributed by atoms with E-state index < -0.39 is 23.8 Å². The summed E-state index contributed by atoms with van der Waals surface area (Å²) in [6.07, 6.45) is -4.16. The zero-order valence-electron chi connectivity index (χ0n) is 12.9. The summed E-state index contributed by atoms with van der Waals surface area (Å²) >= 11 is 0. The Kier molecular flexibility index (Phi) is 6.78. The average Bonchev–Trinajstić information content (AvgIpc) is 2.36. The first-order chi connectivity index (χ1) is 9.02. The van der Waals surface area contributed by atoms with Crippen molar-refractivity contribution in [2.24, 2.45) is 11.3 Å². The first-order valence-corrected chi connectivity index (χ1v) is 7.03. The molecule has 0 aliphatic rings. The van der Waals surface area contributed by atoms with Crippen molar-refractivity contribution >= 4 is 5.78 Å². The van der Waals surface area contributed by atoms with Crippen LogP contribution < -0.4 is 0 Å². The van der Waals surface area contributed by atoms with Gasteiger partial charge in [-0.3, -0.25) is 4.79 Å². The maximum Gasteiger partial charge on any atom is 0.390 e. The molecule has 0 saturated carbocycles. The van der Waals surface area contributed by atoms with Crippen LogP contribution in [0, 0.1) is 11.3 Å². The number of hydrogen-bond acceptors (Lipinski definition) is 2. The summed E-state index contributed by atoms with van der Waals surface area (Å²) in [6, 6.07) is 0. The normalized spacial score (nSPS) is 16.9. The number of aliphatic hydroxyl groups is 1. The molecule has 1 N–H and O–H groups in total. The Labute approximate surface area is 119 Å². The fourth-order valence-corrected chi connectivity index (χ4v) is 2.35. The zero-order valence-corrected chi connectivity index (χ0v) is 12.9. The molecule has 0 fully saturated rings. The van der Waals surface area contributed by atoms with E-state index in [-0.39, 0.29) is 23.7 Å². The number of alkyl halides is 3. The van der Waals surface area contributed by atoms with Crippen LogP contribution in [0.15, 0.2) is 11.3 Å². The number of aliphatic hydroxyl groups excluding tert-OH is 1. The van der Waals surface area contributed by atoms with E-state index in [0.717, 1.165) is 0 Å². The maximum absolute atomic E-state index is 12.6.